The van der Waals surface area contributed by atoms with E-state index < -0.39 is 0 Å². The molecule has 0 amide bonds. The molecule has 0 saturated heterocycles. The van der Waals surface area contributed by atoms with Crippen molar-refractivity contribution in [1.82, 2.24) is 14.8 Å². The Balaban J connectivity index is 2.24. The Morgan fingerprint density at radius 2 is 1.82 bits per heavy atom. The van der Waals surface area contributed by atoms with Crippen molar-refractivity contribution in [2.45, 2.75) is 0 Å². The topological polar surface area (TPSA) is 30.7 Å². The van der Waals surface area contributed by atoms with Crippen LogP contribution in [-0.2, 0) is 0 Å². The van der Waals surface area contributed by atoms with Crippen molar-refractivity contribution in [3.8, 4) is 5.69 Å². The summed E-state index contributed by atoms with van der Waals surface area (Å²) in [5.74, 6) is -0.277. The van der Waals surface area contributed by atoms with E-state index in [0.717, 1.165) is 16.6 Å². The second-order valence-electron chi connectivity index (χ2n) is 3.59. The molecule has 1 aromatic carbocycles. The third-order valence-corrected chi connectivity index (χ3v) is 2.82. The lowest BCUT2D eigenvalue weighted by Gasteiger charge is -2.02. The molecule has 0 atom stereocenters. The Bertz CT molecular complexity index is 676. The molecule has 5 heteroatoms. The van der Waals surface area contributed by atoms with Gasteiger partial charge in [0.05, 0.1) is 28.6 Å². The molecule has 0 bridgehead atoms. The summed E-state index contributed by atoms with van der Waals surface area (Å²) >= 11 is 6.01. The van der Waals surface area contributed by atoms with Gasteiger partial charge in [0.25, 0.3) is 0 Å². The summed E-state index contributed by atoms with van der Waals surface area (Å²) in [5.41, 5.74) is 1.56. The first kappa shape index (κ1) is 10.2. The first-order chi connectivity index (χ1) is 8.25. The van der Waals surface area contributed by atoms with Gasteiger partial charge in [-0.3, -0.25) is 4.98 Å². The number of halogens is 2. The highest BCUT2D eigenvalue weighted by Crippen LogP contribution is 2.23. The van der Waals surface area contributed by atoms with Crippen molar-refractivity contribution >= 4 is 22.5 Å². The smallest absolute Gasteiger partial charge is 0.123 e. The fourth-order valence-corrected chi connectivity index (χ4v) is 1.90. The SMILES string of the molecule is Fc1ccc(-n2ncc3c(Cl)cncc32)cc1. The van der Waals surface area contributed by atoms with E-state index in [2.05, 4.69) is 10.1 Å². The zero-order valence-corrected chi connectivity index (χ0v) is 9.39. The third kappa shape index (κ3) is 1.66. The van der Waals surface area contributed by atoms with E-state index in [-0.39, 0.29) is 5.82 Å². The molecule has 0 spiro atoms. The number of fused-ring (bicyclic) bond motifs is 1. The summed E-state index contributed by atoms with van der Waals surface area (Å²) in [4.78, 5) is 4.02. The van der Waals surface area contributed by atoms with Crippen molar-refractivity contribution in [3.63, 3.8) is 0 Å². The molecule has 0 aliphatic carbocycles. The van der Waals surface area contributed by atoms with E-state index >= 15 is 0 Å². The van der Waals surface area contributed by atoms with Crippen LogP contribution in [0.15, 0.2) is 42.9 Å². The first-order valence-electron chi connectivity index (χ1n) is 4.99. The maximum atomic E-state index is 12.8. The maximum Gasteiger partial charge on any atom is 0.123 e. The van der Waals surface area contributed by atoms with Gasteiger partial charge in [0, 0.05) is 11.6 Å². The van der Waals surface area contributed by atoms with Crippen LogP contribution in [0.1, 0.15) is 0 Å². The average Bonchev–Trinajstić information content (AvgIpc) is 2.75. The number of hydrogen-bond donors (Lipinski definition) is 0. The summed E-state index contributed by atoms with van der Waals surface area (Å²) < 4.78 is 14.5. The van der Waals surface area contributed by atoms with Gasteiger partial charge in [0.15, 0.2) is 0 Å². The van der Waals surface area contributed by atoms with Crippen LogP contribution in [0, 0.1) is 5.82 Å². The van der Waals surface area contributed by atoms with Crippen LogP contribution in [0.25, 0.3) is 16.6 Å². The molecule has 2 heterocycles. The van der Waals surface area contributed by atoms with E-state index in [1.807, 2.05) is 0 Å². The fraction of sp³-hybridized carbons (Fsp3) is 0. The highest BCUT2D eigenvalue weighted by atomic mass is 35.5. The predicted molar refractivity (Wildman–Crippen MR) is 63.8 cm³/mol. The monoisotopic (exact) mass is 247 g/mol. The Hall–Kier alpha value is -1.94. The lowest BCUT2D eigenvalue weighted by molar-refractivity contribution is 0.627. The third-order valence-electron chi connectivity index (χ3n) is 2.52. The Morgan fingerprint density at radius 3 is 2.59 bits per heavy atom. The number of pyridine rings is 1. The van der Waals surface area contributed by atoms with Gasteiger partial charge < -0.3 is 0 Å². The molecule has 0 radical (unpaired) electrons. The van der Waals surface area contributed by atoms with E-state index in [1.54, 1.807) is 35.4 Å². The summed E-state index contributed by atoms with van der Waals surface area (Å²) in [6.45, 7) is 0. The summed E-state index contributed by atoms with van der Waals surface area (Å²) in [5, 5.41) is 5.60. The number of aromatic nitrogens is 3. The minimum absolute atomic E-state index is 0.277. The molecule has 0 unspecified atom stereocenters. The van der Waals surface area contributed by atoms with Crippen molar-refractivity contribution in [1.29, 1.82) is 0 Å². The molecule has 0 aliphatic rings. The molecule has 3 rings (SSSR count). The predicted octanol–water partition coefficient (Wildman–Crippen LogP) is 3.21. The minimum Gasteiger partial charge on any atom is -0.261 e. The van der Waals surface area contributed by atoms with E-state index in [4.69, 9.17) is 11.6 Å². The van der Waals surface area contributed by atoms with Gasteiger partial charge in [-0.05, 0) is 24.3 Å². The standard InChI is InChI=1S/C12H7ClFN3/c13-11-6-15-7-12-10(11)5-16-17(12)9-3-1-8(14)2-4-9/h1-7H. The summed E-state index contributed by atoms with van der Waals surface area (Å²) in [6.07, 6.45) is 4.92. The molecule has 0 fully saturated rings. The van der Waals surface area contributed by atoms with Crippen LogP contribution >= 0.6 is 11.6 Å². The van der Waals surface area contributed by atoms with E-state index in [9.17, 15) is 4.39 Å². The summed E-state index contributed by atoms with van der Waals surface area (Å²) in [6, 6.07) is 6.09. The van der Waals surface area contributed by atoms with Crippen LogP contribution in [0.3, 0.4) is 0 Å². The molecule has 3 nitrogen and oxygen atoms in total. The number of hydrogen-bond acceptors (Lipinski definition) is 2. The molecule has 0 aliphatic heterocycles. The Morgan fingerprint density at radius 1 is 1.06 bits per heavy atom. The molecule has 0 saturated carbocycles. The van der Waals surface area contributed by atoms with Gasteiger partial charge in [0.1, 0.15) is 5.82 Å². The van der Waals surface area contributed by atoms with E-state index in [1.165, 1.54) is 12.1 Å². The van der Waals surface area contributed by atoms with Crippen LogP contribution in [0.5, 0.6) is 0 Å². The van der Waals surface area contributed by atoms with Crippen molar-refractivity contribution in [3.05, 3.63) is 53.7 Å². The van der Waals surface area contributed by atoms with Crippen LogP contribution in [0.4, 0.5) is 4.39 Å². The molecule has 0 N–H and O–H groups in total. The number of benzene rings is 1. The first-order valence-corrected chi connectivity index (χ1v) is 5.37. The van der Waals surface area contributed by atoms with Gasteiger partial charge in [-0.25, -0.2) is 9.07 Å². The molecular weight excluding hydrogens is 241 g/mol. The fourth-order valence-electron chi connectivity index (χ4n) is 1.70. The van der Waals surface area contributed by atoms with E-state index in [0.29, 0.717) is 5.02 Å². The molecule has 2 aromatic heterocycles. The lowest BCUT2D eigenvalue weighted by Crippen LogP contribution is -1.96. The zero-order valence-electron chi connectivity index (χ0n) is 8.64. The van der Waals surface area contributed by atoms with Crippen molar-refractivity contribution in [2.24, 2.45) is 0 Å². The zero-order chi connectivity index (χ0) is 11.8. The minimum atomic E-state index is -0.277. The van der Waals surface area contributed by atoms with Crippen molar-refractivity contribution < 1.29 is 4.39 Å². The highest BCUT2D eigenvalue weighted by Gasteiger charge is 2.07. The summed E-state index contributed by atoms with van der Waals surface area (Å²) in [7, 11) is 0. The van der Waals surface area contributed by atoms with Crippen LogP contribution in [0.2, 0.25) is 5.02 Å². The quantitative estimate of drug-likeness (QED) is 0.661. The average molecular weight is 248 g/mol. The van der Waals surface area contributed by atoms with Gasteiger partial charge in [-0.1, -0.05) is 11.6 Å². The number of rotatable bonds is 1. The van der Waals surface area contributed by atoms with Gasteiger partial charge in [-0.2, -0.15) is 5.10 Å². The molecule has 17 heavy (non-hydrogen) atoms. The largest absolute Gasteiger partial charge is 0.261 e. The lowest BCUT2D eigenvalue weighted by atomic mass is 10.3. The Kier molecular flexibility index (Phi) is 2.30. The second kappa shape index (κ2) is 3.82. The van der Waals surface area contributed by atoms with Crippen LogP contribution < -0.4 is 0 Å². The normalized spacial score (nSPS) is 10.9. The molecular formula is C12H7ClFN3. The number of nitrogens with zero attached hydrogens (tertiary/aromatic N) is 3. The van der Waals surface area contributed by atoms with Crippen LogP contribution in [-0.4, -0.2) is 14.8 Å². The van der Waals surface area contributed by atoms with Gasteiger partial charge in [0.2, 0.25) is 0 Å². The van der Waals surface area contributed by atoms with Gasteiger partial charge in [-0.15, -0.1) is 0 Å². The van der Waals surface area contributed by atoms with Crippen molar-refractivity contribution in [2.75, 3.05) is 0 Å². The molecule has 84 valence electrons. The maximum absolute atomic E-state index is 12.8. The Labute approximate surface area is 101 Å². The second-order valence-corrected chi connectivity index (χ2v) is 3.99. The highest BCUT2D eigenvalue weighted by molar-refractivity contribution is 6.35. The molecule has 3 aromatic rings. The van der Waals surface area contributed by atoms with Gasteiger partial charge >= 0.3 is 0 Å².